The fraction of sp³-hybridized carbons (Fsp3) is 0.944. The molecule has 5 saturated carbocycles. The molecule has 248 valence electrons. The van der Waals surface area contributed by atoms with E-state index in [1.54, 1.807) is 0 Å². The Bertz CT molecular complexity index is 1220. The number of nitrogens with zero attached hydrogens (tertiary/aromatic N) is 1. The van der Waals surface area contributed by atoms with Crippen molar-refractivity contribution in [2.75, 3.05) is 13.1 Å². The first-order valence-corrected chi connectivity index (χ1v) is 17.6. The van der Waals surface area contributed by atoms with Crippen LogP contribution in [0.25, 0.3) is 0 Å². The van der Waals surface area contributed by atoms with Gasteiger partial charge in [-0.25, -0.2) is 4.79 Å². The van der Waals surface area contributed by atoms with E-state index in [1.807, 2.05) is 13.8 Å². The Morgan fingerprint density at radius 3 is 2.27 bits per heavy atom. The van der Waals surface area contributed by atoms with Gasteiger partial charge in [0.05, 0.1) is 29.8 Å². The fourth-order valence-corrected chi connectivity index (χ4v) is 13.3. The van der Waals surface area contributed by atoms with E-state index in [-0.39, 0.29) is 70.5 Å². The largest absolute Gasteiger partial charge is 0.481 e. The number of hydrogen-bond acceptors (Lipinski definition) is 6. The number of hydrogen-bond donors (Lipinski definition) is 3. The van der Waals surface area contributed by atoms with Crippen molar-refractivity contribution in [2.45, 2.75) is 137 Å². The van der Waals surface area contributed by atoms with Gasteiger partial charge in [0.25, 0.3) is 0 Å². The third-order valence-electron chi connectivity index (χ3n) is 16.2. The predicted molar refractivity (Wildman–Crippen MR) is 165 cm³/mol. The van der Waals surface area contributed by atoms with E-state index >= 15 is 0 Å². The van der Waals surface area contributed by atoms with Gasteiger partial charge in [-0.15, -0.1) is 0 Å². The smallest absolute Gasteiger partial charge is 0.410 e. The molecule has 1 amide bonds. The van der Waals surface area contributed by atoms with Crippen LogP contribution in [0, 0.1) is 62.6 Å². The molecular formula is C36H57NO7. The van der Waals surface area contributed by atoms with Crippen molar-refractivity contribution in [3.63, 3.8) is 0 Å². The molecule has 0 radical (unpaired) electrons. The summed E-state index contributed by atoms with van der Waals surface area (Å²) < 4.78 is 13.0. The first kappa shape index (κ1) is 31.2. The number of carboxylic acids is 1. The van der Waals surface area contributed by atoms with Crippen LogP contribution in [0.2, 0.25) is 0 Å². The highest BCUT2D eigenvalue weighted by molar-refractivity contribution is 5.76. The van der Waals surface area contributed by atoms with Gasteiger partial charge in [0.1, 0.15) is 6.10 Å². The zero-order valence-electron chi connectivity index (χ0n) is 28.3. The summed E-state index contributed by atoms with van der Waals surface area (Å²) in [6, 6.07) is 0. The summed E-state index contributed by atoms with van der Waals surface area (Å²) in [5.41, 5.74) is -0.779. The Hall–Kier alpha value is -1.38. The van der Waals surface area contributed by atoms with Gasteiger partial charge in [-0.05, 0) is 105 Å². The summed E-state index contributed by atoms with van der Waals surface area (Å²) in [6.07, 6.45) is 7.23. The van der Waals surface area contributed by atoms with E-state index in [9.17, 15) is 24.9 Å². The van der Waals surface area contributed by atoms with Crippen LogP contribution in [0.4, 0.5) is 4.79 Å². The van der Waals surface area contributed by atoms with Crippen molar-refractivity contribution >= 4 is 12.1 Å². The molecule has 8 heteroatoms. The minimum absolute atomic E-state index is 0.000739. The maximum Gasteiger partial charge on any atom is 0.410 e. The van der Waals surface area contributed by atoms with E-state index in [0.29, 0.717) is 23.7 Å². The second-order valence-corrected chi connectivity index (χ2v) is 18.3. The maximum atomic E-state index is 13.0. The Morgan fingerprint density at radius 1 is 1.00 bits per heavy atom. The molecule has 0 unspecified atom stereocenters. The summed E-state index contributed by atoms with van der Waals surface area (Å²) >= 11 is 0. The van der Waals surface area contributed by atoms with Gasteiger partial charge >= 0.3 is 12.1 Å². The second-order valence-electron chi connectivity index (χ2n) is 18.3. The molecule has 13 atom stereocenters. The van der Waals surface area contributed by atoms with Crippen molar-refractivity contribution < 1.29 is 34.4 Å². The monoisotopic (exact) mass is 615 g/mol. The summed E-state index contributed by atoms with van der Waals surface area (Å²) in [6.45, 7) is 18.1. The van der Waals surface area contributed by atoms with Gasteiger partial charge in [0, 0.05) is 29.8 Å². The van der Waals surface area contributed by atoms with E-state index in [1.165, 1.54) is 17.7 Å². The van der Waals surface area contributed by atoms with Gasteiger partial charge in [-0.2, -0.15) is 0 Å². The molecule has 2 saturated heterocycles. The molecule has 7 rings (SSSR count). The first-order chi connectivity index (χ1) is 20.3. The molecule has 3 N–H and O–H groups in total. The van der Waals surface area contributed by atoms with Crippen LogP contribution in [0.15, 0.2) is 0 Å². The Balaban J connectivity index is 1.12. The molecule has 7 fully saturated rings. The van der Waals surface area contributed by atoms with E-state index in [0.717, 1.165) is 38.5 Å². The SMILES string of the molecule is C[C@@H]1C[C@H]([C@H](C)C(C)(C)O)O[C@H]2[C@H]1[C@@]1(C)CC[C@@]34C[C@@]35CC[C@H](OC(=O)N3CC(C(=O)O)C3)C(C)(C)[C@@H]5CC[C@H]4[C@]1(C)[C@H]2O. The molecule has 2 spiro atoms. The van der Waals surface area contributed by atoms with Gasteiger partial charge in [-0.3, -0.25) is 4.79 Å². The number of ether oxygens (including phenoxy) is 2. The predicted octanol–water partition coefficient (Wildman–Crippen LogP) is 5.73. The number of amides is 1. The fourth-order valence-electron chi connectivity index (χ4n) is 13.3. The molecule has 5 aliphatic carbocycles. The van der Waals surface area contributed by atoms with Gasteiger partial charge < -0.3 is 29.7 Å². The van der Waals surface area contributed by atoms with Crippen molar-refractivity contribution in [3.8, 4) is 0 Å². The standard InChI is InChI=1S/C36H57NO7/c1-19-15-22(20(2)32(5,6)42)43-27-26(19)33(7)13-14-36-18-35(36)12-11-25(44-30(41)37-16-21(17-37)29(39)40)31(3,4)23(35)9-10-24(36)34(33,8)28(27)38/h19-28,38,42H,9-18H2,1-8H3,(H,39,40)/t19-,20+,22-,23+,24+,25+,26+,27+,28+,33-,34-,35-,36+/m1/s1. The van der Waals surface area contributed by atoms with Crippen molar-refractivity contribution in [1.29, 1.82) is 0 Å². The minimum Gasteiger partial charge on any atom is -0.481 e. The summed E-state index contributed by atoms with van der Waals surface area (Å²) in [5.74, 6) is 0.289. The number of aliphatic carboxylic acids is 1. The molecule has 0 aromatic heterocycles. The molecule has 2 heterocycles. The normalized spacial score (nSPS) is 51.5. The Labute approximate surface area is 263 Å². The number of carbonyl (C=O) groups is 2. The first-order valence-electron chi connectivity index (χ1n) is 17.6. The number of aliphatic hydroxyl groups excluding tert-OH is 1. The number of carbonyl (C=O) groups excluding carboxylic acids is 1. The summed E-state index contributed by atoms with van der Waals surface area (Å²) in [7, 11) is 0. The minimum atomic E-state index is -0.849. The molecule has 0 aromatic carbocycles. The molecular weight excluding hydrogens is 558 g/mol. The van der Waals surface area contributed by atoms with Crippen LogP contribution >= 0.6 is 0 Å². The number of rotatable bonds is 4. The van der Waals surface area contributed by atoms with E-state index in [4.69, 9.17) is 9.47 Å². The molecule has 44 heavy (non-hydrogen) atoms. The molecule has 0 aromatic rings. The van der Waals surface area contributed by atoms with Crippen LogP contribution < -0.4 is 0 Å². The van der Waals surface area contributed by atoms with Crippen molar-refractivity contribution in [1.82, 2.24) is 4.90 Å². The average Bonchev–Trinajstić information content (AvgIpc) is 3.53. The summed E-state index contributed by atoms with van der Waals surface area (Å²) in [5, 5.41) is 32.5. The zero-order chi connectivity index (χ0) is 32.0. The number of fused-ring (bicyclic) bond motifs is 4. The van der Waals surface area contributed by atoms with Crippen LogP contribution in [0.3, 0.4) is 0 Å². The van der Waals surface area contributed by atoms with Crippen molar-refractivity contribution in [3.05, 3.63) is 0 Å². The van der Waals surface area contributed by atoms with Crippen LogP contribution in [0.1, 0.15) is 107 Å². The van der Waals surface area contributed by atoms with Gasteiger partial charge in [-0.1, -0.05) is 41.5 Å². The third kappa shape index (κ3) is 3.74. The Kier molecular flexibility index (Phi) is 6.65. The lowest BCUT2D eigenvalue weighted by molar-refractivity contribution is -0.185. The number of carboxylic acid groups (broad SMARTS) is 1. The van der Waals surface area contributed by atoms with E-state index in [2.05, 4.69) is 41.5 Å². The van der Waals surface area contributed by atoms with Crippen LogP contribution in [-0.4, -0.2) is 75.4 Å². The second kappa shape index (κ2) is 9.37. The highest BCUT2D eigenvalue weighted by Gasteiger charge is 2.84. The quantitative estimate of drug-likeness (QED) is 0.370. The van der Waals surface area contributed by atoms with Gasteiger partial charge in [0.2, 0.25) is 0 Å². The highest BCUT2D eigenvalue weighted by atomic mass is 16.6. The van der Waals surface area contributed by atoms with Gasteiger partial charge in [0.15, 0.2) is 0 Å². The molecule has 7 aliphatic rings. The molecule has 0 bridgehead atoms. The lowest BCUT2D eigenvalue weighted by Gasteiger charge is -2.63. The molecule has 2 aliphatic heterocycles. The number of aliphatic hydroxyl groups is 2. The molecule has 8 nitrogen and oxygen atoms in total. The topological polar surface area (TPSA) is 117 Å². The summed E-state index contributed by atoms with van der Waals surface area (Å²) in [4.78, 5) is 25.8. The lowest BCUT2D eigenvalue weighted by atomic mass is 9.41. The zero-order valence-corrected chi connectivity index (χ0v) is 28.3. The van der Waals surface area contributed by atoms with E-state index < -0.39 is 23.6 Å². The maximum absolute atomic E-state index is 13.0. The highest BCUT2D eigenvalue weighted by Crippen LogP contribution is 2.89. The average molecular weight is 616 g/mol. The van der Waals surface area contributed by atoms with Crippen LogP contribution in [-0.2, 0) is 14.3 Å². The lowest BCUT2D eigenvalue weighted by Crippen LogP contribution is -2.60. The third-order valence-corrected chi connectivity index (χ3v) is 16.2. The number of likely N-dealkylation sites (tertiary alicyclic amines) is 1. The van der Waals surface area contributed by atoms with Crippen LogP contribution in [0.5, 0.6) is 0 Å². The Morgan fingerprint density at radius 2 is 1.64 bits per heavy atom. The van der Waals surface area contributed by atoms with Crippen molar-refractivity contribution in [2.24, 2.45) is 62.6 Å².